The van der Waals surface area contributed by atoms with Gasteiger partial charge in [-0.2, -0.15) is 18.4 Å². The number of rotatable bonds is 7. The molecule has 1 amide bonds. The third kappa shape index (κ3) is 4.73. The fraction of sp³-hybridized carbons (Fsp3) is 0.562. The van der Waals surface area contributed by atoms with Gasteiger partial charge in [-0.15, -0.1) is 0 Å². The van der Waals surface area contributed by atoms with Crippen LogP contribution in [0.3, 0.4) is 0 Å². The molecule has 0 N–H and O–H groups in total. The van der Waals surface area contributed by atoms with Crippen molar-refractivity contribution in [3.05, 3.63) is 65.2 Å². The van der Waals surface area contributed by atoms with Gasteiger partial charge in [0.15, 0.2) is 8.32 Å². The first-order valence-electron chi connectivity index (χ1n) is 14.7. The molecule has 11 heteroatoms. The number of halogens is 3. The van der Waals surface area contributed by atoms with Crippen LogP contribution in [0.1, 0.15) is 50.3 Å². The number of fused-ring (bicyclic) bond motifs is 2. The van der Waals surface area contributed by atoms with Crippen LogP contribution in [0.4, 0.5) is 18.9 Å². The minimum Gasteiger partial charge on any atom is -0.411 e. The summed E-state index contributed by atoms with van der Waals surface area (Å²) in [4.78, 5) is 15.8. The van der Waals surface area contributed by atoms with E-state index in [9.17, 15) is 23.2 Å². The maximum atomic E-state index is 14.5. The summed E-state index contributed by atoms with van der Waals surface area (Å²) in [5.74, 6) is -1.51. The molecule has 0 unspecified atom stereocenters. The van der Waals surface area contributed by atoms with E-state index >= 15 is 0 Å². The molecule has 4 heterocycles. The minimum atomic E-state index is -4.76. The van der Waals surface area contributed by atoms with Gasteiger partial charge >= 0.3 is 6.18 Å². The standard InChI is InChI=1S/C32H37F3N2O5Si/c1-29(2,3)43(4,5)41-24-16-30-13-14-40-28-26(30)25(31(24,42-30)19-39-18-20-9-7-6-8-10-20)27(38)37(28)22-12-11-21(17-36)23(15-22)32(33,34)35/h6-12,15,24-26,28H,13-14,16,18-19H2,1-5H3/t24-,25+,26-,28-,30-,31+/m0/s1. The van der Waals surface area contributed by atoms with E-state index in [0.29, 0.717) is 19.4 Å². The van der Waals surface area contributed by atoms with Gasteiger partial charge in [-0.25, -0.2) is 0 Å². The third-order valence-electron chi connectivity index (χ3n) is 10.2. The van der Waals surface area contributed by atoms with Gasteiger partial charge in [0.2, 0.25) is 5.91 Å². The Morgan fingerprint density at radius 3 is 2.51 bits per heavy atom. The highest BCUT2D eigenvalue weighted by Crippen LogP contribution is 2.66. The molecular weight excluding hydrogens is 577 g/mol. The lowest BCUT2D eigenvalue weighted by Gasteiger charge is -2.46. The Kier molecular flexibility index (Phi) is 7.14. The van der Waals surface area contributed by atoms with Crippen LogP contribution >= 0.6 is 0 Å². The minimum absolute atomic E-state index is 0.0504. The molecule has 2 aromatic carbocycles. The van der Waals surface area contributed by atoms with Crippen molar-refractivity contribution in [3.63, 3.8) is 0 Å². The lowest BCUT2D eigenvalue weighted by Crippen LogP contribution is -2.59. The quantitative estimate of drug-likeness (QED) is 0.335. The first-order chi connectivity index (χ1) is 20.1. The van der Waals surface area contributed by atoms with E-state index < -0.39 is 61.0 Å². The van der Waals surface area contributed by atoms with Crippen molar-refractivity contribution in [3.8, 4) is 6.07 Å². The fourth-order valence-corrected chi connectivity index (χ4v) is 8.55. The number of nitrogens with zero attached hydrogens (tertiary/aromatic N) is 2. The zero-order valence-electron chi connectivity index (χ0n) is 25.0. The van der Waals surface area contributed by atoms with E-state index in [1.54, 1.807) is 6.07 Å². The predicted molar refractivity (Wildman–Crippen MR) is 154 cm³/mol. The molecule has 4 aliphatic heterocycles. The highest BCUT2D eigenvalue weighted by molar-refractivity contribution is 6.74. The number of anilines is 1. The smallest absolute Gasteiger partial charge is 0.411 e. The van der Waals surface area contributed by atoms with E-state index in [1.807, 2.05) is 30.3 Å². The first-order valence-corrected chi connectivity index (χ1v) is 17.6. The van der Waals surface area contributed by atoms with Gasteiger partial charge in [0.1, 0.15) is 11.8 Å². The van der Waals surface area contributed by atoms with Gasteiger partial charge < -0.3 is 18.6 Å². The maximum absolute atomic E-state index is 14.5. The number of ether oxygens (including phenoxy) is 3. The molecule has 0 aliphatic carbocycles. The molecule has 2 aromatic rings. The molecular formula is C32H37F3N2O5Si. The number of hydrogen-bond acceptors (Lipinski definition) is 6. The average molecular weight is 615 g/mol. The van der Waals surface area contributed by atoms with Crippen LogP contribution < -0.4 is 4.90 Å². The van der Waals surface area contributed by atoms with Gasteiger partial charge in [0, 0.05) is 24.4 Å². The van der Waals surface area contributed by atoms with Crippen molar-refractivity contribution in [2.45, 2.75) is 88.1 Å². The van der Waals surface area contributed by atoms with E-state index in [4.69, 9.17) is 18.6 Å². The molecule has 4 saturated heterocycles. The molecule has 43 heavy (non-hydrogen) atoms. The first kappa shape index (κ1) is 30.3. The summed E-state index contributed by atoms with van der Waals surface area (Å²) in [7, 11) is -2.34. The molecule has 7 nitrogen and oxygen atoms in total. The summed E-state index contributed by atoms with van der Waals surface area (Å²) < 4.78 is 68.3. The zero-order chi connectivity index (χ0) is 31.0. The Balaban J connectivity index is 1.41. The number of nitriles is 1. The zero-order valence-corrected chi connectivity index (χ0v) is 26.0. The average Bonchev–Trinajstić information content (AvgIpc) is 3.52. The lowest BCUT2D eigenvalue weighted by molar-refractivity contribution is -0.160. The van der Waals surface area contributed by atoms with Gasteiger partial charge in [-0.3, -0.25) is 9.69 Å². The highest BCUT2D eigenvalue weighted by Gasteiger charge is 2.80. The van der Waals surface area contributed by atoms with Gasteiger partial charge in [0.05, 0.1) is 54.6 Å². The molecule has 230 valence electrons. The second kappa shape index (κ2) is 10.1. The molecule has 6 atom stereocenters. The molecule has 0 radical (unpaired) electrons. The highest BCUT2D eigenvalue weighted by atomic mass is 28.4. The Hall–Kier alpha value is -2.75. The molecule has 2 bridgehead atoms. The van der Waals surface area contributed by atoms with Gasteiger partial charge in [0.25, 0.3) is 0 Å². The summed E-state index contributed by atoms with van der Waals surface area (Å²) in [6.07, 6.45) is -4.89. The summed E-state index contributed by atoms with van der Waals surface area (Å²) in [6.45, 7) is 11.5. The third-order valence-corrected chi connectivity index (χ3v) is 14.7. The number of alkyl halides is 3. The predicted octanol–water partition coefficient (Wildman–Crippen LogP) is 6.42. The van der Waals surface area contributed by atoms with Crippen molar-refractivity contribution >= 4 is 19.9 Å². The normalized spacial score (nSPS) is 31.8. The summed E-state index contributed by atoms with van der Waals surface area (Å²) in [6, 6.07) is 14.7. The van der Waals surface area contributed by atoms with E-state index in [2.05, 4.69) is 33.9 Å². The van der Waals surface area contributed by atoms with Crippen molar-refractivity contribution < 1.29 is 36.6 Å². The Morgan fingerprint density at radius 1 is 1.14 bits per heavy atom. The van der Waals surface area contributed by atoms with Crippen LogP contribution in [-0.4, -0.2) is 51.0 Å². The second-order valence-electron chi connectivity index (χ2n) is 13.7. The summed E-state index contributed by atoms with van der Waals surface area (Å²) in [5, 5.41) is 9.22. The summed E-state index contributed by atoms with van der Waals surface area (Å²) in [5.41, 5.74) is -2.42. The van der Waals surface area contributed by atoms with Crippen molar-refractivity contribution in [2.75, 3.05) is 18.1 Å². The second-order valence-corrected chi connectivity index (χ2v) is 18.5. The topological polar surface area (TPSA) is 81.0 Å². The number of carbonyl (C=O) groups excluding carboxylic acids is 1. The number of amides is 1. The SMILES string of the molecule is CC(C)(C)[Si](C)(C)O[C@H]1C[C@@]23CCO[C@H]4[C@@H]2[C@H](C(=O)N4c2ccc(C#N)c(C(F)(F)F)c2)[C@]1(COCc1ccccc1)O3. The summed E-state index contributed by atoms with van der Waals surface area (Å²) >= 11 is 0. The largest absolute Gasteiger partial charge is 0.417 e. The van der Waals surface area contributed by atoms with Crippen molar-refractivity contribution in [1.82, 2.24) is 0 Å². The van der Waals surface area contributed by atoms with Crippen molar-refractivity contribution in [2.24, 2.45) is 11.8 Å². The monoisotopic (exact) mass is 614 g/mol. The van der Waals surface area contributed by atoms with Crippen LogP contribution in [0.5, 0.6) is 0 Å². The van der Waals surface area contributed by atoms with Crippen LogP contribution in [0.2, 0.25) is 18.1 Å². The van der Waals surface area contributed by atoms with Crippen LogP contribution in [-0.2, 0) is 36.2 Å². The fourth-order valence-electron chi connectivity index (χ4n) is 7.20. The molecule has 6 rings (SSSR count). The van der Waals surface area contributed by atoms with Crippen LogP contribution in [0.15, 0.2) is 48.5 Å². The molecule has 0 saturated carbocycles. The number of hydrogen-bond donors (Lipinski definition) is 0. The van der Waals surface area contributed by atoms with Gasteiger partial charge in [-0.1, -0.05) is 51.1 Å². The van der Waals surface area contributed by atoms with Crippen LogP contribution in [0, 0.1) is 23.2 Å². The van der Waals surface area contributed by atoms with Crippen LogP contribution in [0.25, 0.3) is 0 Å². The molecule has 4 aliphatic rings. The van der Waals surface area contributed by atoms with E-state index in [1.165, 1.54) is 11.0 Å². The van der Waals surface area contributed by atoms with Crippen molar-refractivity contribution in [1.29, 1.82) is 5.26 Å². The van der Waals surface area contributed by atoms with E-state index in [-0.39, 0.29) is 29.8 Å². The number of benzene rings is 2. The Labute approximate surface area is 251 Å². The maximum Gasteiger partial charge on any atom is 0.417 e. The molecule has 4 fully saturated rings. The van der Waals surface area contributed by atoms with Gasteiger partial charge in [-0.05, 0) is 41.9 Å². The van der Waals surface area contributed by atoms with E-state index in [0.717, 1.165) is 17.7 Å². The Bertz CT molecular complexity index is 1460. The number of carbonyl (C=O) groups is 1. The Morgan fingerprint density at radius 2 is 1.86 bits per heavy atom. The molecule has 0 aromatic heterocycles. The lowest BCUT2D eigenvalue weighted by atomic mass is 9.64. The molecule has 1 spiro atoms.